The Bertz CT molecular complexity index is 1670. The SMILES string of the molecule is N#CCCC=NN(C(=O)c1csc(C2CCN(C(=O)c3ccccc3-c3ccc(C(F)(F)F)cc3)CC2)n1)c1ccccn1. The smallest absolute Gasteiger partial charge is 0.339 e. The molecular weight excluding hydrogens is 589 g/mol. The van der Waals surface area contributed by atoms with Gasteiger partial charge in [0, 0.05) is 48.8 Å². The highest BCUT2D eigenvalue weighted by Crippen LogP contribution is 2.34. The molecule has 1 saturated heterocycles. The number of alkyl halides is 3. The summed E-state index contributed by atoms with van der Waals surface area (Å²) in [6.07, 6.45) is 0.583. The van der Waals surface area contributed by atoms with E-state index in [0.717, 1.165) is 17.1 Å². The number of anilines is 1. The van der Waals surface area contributed by atoms with Gasteiger partial charge in [-0.05, 0) is 60.7 Å². The molecule has 12 heteroatoms. The van der Waals surface area contributed by atoms with Crippen molar-refractivity contribution in [3.8, 4) is 17.2 Å². The van der Waals surface area contributed by atoms with Gasteiger partial charge in [0.05, 0.1) is 16.6 Å². The van der Waals surface area contributed by atoms with Crippen molar-refractivity contribution in [3.05, 3.63) is 100 Å². The number of unbranched alkanes of at least 4 members (excludes halogenated alkanes) is 1. The lowest BCUT2D eigenvalue weighted by atomic mass is 9.94. The standard InChI is InChI=1S/C32H27F3N6O2S/c33-32(34,35)24-12-10-22(11-13-24)25-7-1-2-8-26(25)30(42)40-19-14-23(15-20-40)29-39-27(21-44-29)31(43)41(38-18-6-4-16-36)28-9-3-5-17-37-28/h1-3,5,7-13,17-18,21,23H,4,6,14-15,19-20H2. The molecule has 0 N–H and O–H groups in total. The minimum Gasteiger partial charge on any atom is -0.339 e. The van der Waals surface area contributed by atoms with Crippen LogP contribution in [0.5, 0.6) is 0 Å². The number of nitrogens with zero attached hydrogens (tertiary/aromatic N) is 6. The van der Waals surface area contributed by atoms with Gasteiger partial charge in [-0.15, -0.1) is 11.3 Å². The van der Waals surface area contributed by atoms with E-state index in [9.17, 15) is 22.8 Å². The van der Waals surface area contributed by atoms with Crippen LogP contribution in [0.25, 0.3) is 11.1 Å². The van der Waals surface area contributed by atoms with E-state index in [2.05, 4.69) is 15.1 Å². The Balaban J connectivity index is 1.26. The van der Waals surface area contributed by atoms with Crippen LogP contribution in [0.2, 0.25) is 0 Å². The van der Waals surface area contributed by atoms with Crippen molar-refractivity contribution < 1.29 is 22.8 Å². The third-order valence-electron chi connectivity index (χ3n) is 7.19. The van der Waals surface area contributed by atoms with E-state index in [1.165, 1.54) is 34.7 Å². The van der Waals surface area contributed by atoms with Crippen LogP contribution >= 0.6 is 11.3 Å². The van der Waals surface area contributed by atoms with E-state index >= 15 is 0 Å². The minimum absolute atomic E-state index is 0.0539. The predicted molar refractivity (Wildman–Crippen MR) is 161 cm³/mol. The van der Waals surface area contributed by atoms with Crippen molar-refractivity contribution in [2.45, 2.75) is 37.8 Å². The molecule has 1 aliphatic heterocycles. The van der Waals surface area contributed by atoms with Crippen LogP contribution in [0.4, 0.5) is 19.0 Å². The molecule has 0 bridgehead atoms. The van der Waals surface area contributed by atoms with Crippen LogP contribution < -0.4 is 5.01 Å². The van der Waals surface area contributed by atoms with E-state index in [-0.39, 0.29) is 23.9 Å². The normalized spacial score (nSPS) is 14.0. The number of nitriles is 1. The number of halogens is 3. The predicted octanol–water partition coefficient (Wildman–Crippen LogP) is 7.18. The van der Waals surface area contributed by atoms with Gasteiger partial charge >= 0.3 is 6.18 Å². The van der Waals surface area contributed by atoms with E-state index in [4.69, 9.17) is 5.26 Å². The summed E-state index contributed by atoms with van der Waals surface area (Å²) < 4.78 is 39.1. The summed E-state index contributed by atoms with van der Waals surface area (Å²) in [6.45, 7) is 0.938. The van der Waals surface area contributed by atoms with Crippen molar-refractivity contribution in [2.75, 3.05) is 18.1 Å². The van der Waals surface area contributed by atoms with Crippen LogP contribution in [0.15, 0.2) is 83.4 Å². The summed E-state index contributed by atoms with van der Waals surface area (Å²) in [5.41, 5.74) is 1.02. The average molecular weight is 617 g/mol. The molecule has 224 valence electrons. The highest BCUT2D eigenvalue weighted by atomic mass is 32.1. The second-order valence-corrected chi connectivity index (χ2v) is 10.9. The summed E-state index contributed by atoms with van der Waals surface area (Å²) >= 11 is 1.38. The molecule has 4 aromatic rings. The van der Waals surface area contributed by atoms with Gasteiger partial charge in [-0.1, -0.05) is 36.4 Å². The number of hydrogen-bond donors (Lipinski definition) is 0. The molecule has 2 aromatic heterocycles. The summed E-state index contributed by atoms with van der Waals surface area (Å²) in [4.78, 5) is 37.5. The van der Waals surface area contributed by atoms with Crippen molar-refractivity contribution in [2.24, 2.45) is 5.10 Å². The first-order valence-corrected chi connectivity index (χ1v) is 14.8. The lowest BCUT2D eigenvalue weighted by molar-refractivity contribution is -0.137. The van der Waals surface area contributed by atoms with Crippen molar-refractivity contribution in [1.29, 1.82) is 5.26 Å². The third kappa shape index (κ3) is 7.01. The Labute approximate surface area is 256 Å². The number of piperidine rings is 1. The van der Waals surface area contributed by atoms with Gasteiger partial charge < -0.3 is 4.90 Å². The molecule has 0 atom stereocenters. The first-order chi connectivity index (χ1) is 21.3. The van der Waals surface area contributed by atoms with Crippen molar-refractivity contribution >= 4 is 35.2 Å². The monoisotopic (exact) mass is 616 g/mol. The largest absolute Gasteiger partial charge is 0.416 e. The molecule has 5 rings (SSSR count). The van der Waals surface area contributed by atoms with Crippen LogP contribution in [-0.4, -0.2) is 46.0 Å². The molecule has 0 aliphatic carbocycles. The lowest BCUT2D eigenvalue weighted by Crippen LogP contribution is -2.38. The molecule has 44 heavy (non-hydrogen) atoms. The number of aromatic nitrogens is 2. The quantitative estimate of drug-likeness (QED) is 0.119. The van der Waals surface area contributed by atoms with Gasteiger partial charge in [0.2, 0.25) is 0 Å². The molecule has 0 radical (unpaired) electrons. The Morgan fingerprint density at radius 2 is 1.80 bits per heavy atom. The highest BCUT2D eigenvalue weighted by Gasteiger charge is 2.31. The Morgan fingerprint density at radius 3 is 2.48 bits per heavy atom. The number of rotatable bonds is 8. The molecule has 0 unspecified atom stereocenters. The third-order valence-corrected chi connectivity index (χ3v) is 8.20. The van der Waals surface area contributed by atoms with Crippen LogP contribution in [0.1, 0.15) is 63.0 Å². The Hall–Kier alpha value is -4.89. The molecular formula is C32H27F3N6O2S. The first-order valence-electron chi connectivity index (χ1n) is 13.9. The fraction of sp³-hybridized carbons (Fsp3) is 0.250. The molecule has 2 aromatic carbocycles. The van der Waals surface area contributed by atoms with Gasteiger partial charge in [0.25, 0.3) is 11.8 Å². The number of likely N-dealkylation sites (tertiary alicyclic amines) is 1. The summed E-state index contributed by atoms with van der Waals surface area (Å²) in [5.74, 6) is -0.233. The topological polar surface area (TPSA) is 103 Å². The molecule has 0 saturated carbocycles. The average Bonchev–Trinajstić information content (AvgIpc) is 3.55. The Kier molecular flexibility index (Phi) is 9.45. The molecule has 1 fully saturated rings. The molecule has 3 heterocycles. The number of amides is 2. The Morgan fingerprint density at radius 1 is 1.07 bits per heavy atom. The number of carbonyl (C=O) groups excluding carboxylic acids is 2. The number of benzene rings is 2. The highest BCUT2D eigenvalue weighted by molar-refractivity contribution is 7.10. The second kappa shape index (κ2) is 13.6. The maximum atomic E-state index is 13.5. The molecule has 1 aliphatic rings. The van der Waals surface area contributed by atoms with Gasteiger partial charge in [-0.25, -0.2) is 9.97 Å². The van der Waals surface area contributed by atoms with E-state index in [0.29, 0.717) is 54.9 Å². The lowest BCUT2D eigenvalue weighted by Gasteiger charge is -2.31. The molecule has 0 spiro atoms. The number of pyridine rings is 1. The zero-order chi connectivity index (χ0) is 31.1. The number of thiazole rings is 1. The maximum absolute atomic E-state index is 13.5. The number of hydrazone groups is 1. The van der Waals surface area contributed by atoms with Crippen molar-refractivity contribution in [3.63, 3.8) is 0 Å². The summed E-state index contributed by atoms with van der Waals surface area (Å²) in [7, 11) is 0. The van der Waals surface area contributed by atoms with Crippen LogP contribution in [-0.2, 0) is 6.18 Å². The van der Waals surface area contributed by atoms with E-state index in [1.807, 2.05) is 6.07 Å². The maximum Gasteiger partial charge on any atom is 0.416 e. The fourth-order valence-corrected chi connectivity index (χ4v) is 5.87. The fourth-order valence-electron chi connectivity index (χ4n) is 4.90. The van der Waals surface area contributed by atoms with Crippen LogP contribution in [0, 0.1) is 11.3 Å². The summed E-state index contributed by atoms with van der Waals surface area (Å²) in [5, 5.41) is 16.7. The number of carbonyl (C=O) groups is 2. The minimum atomic E-state index is -4.44. The van der Waals surface area contributed by atoms with Gasteiger partial charge in [0.15, 0.2) is 5.82 Å². The molecule has 2 amide bonds. The van der Waals surface area contributed by atoms with Gasteiger partial charge in [-0.3, -0.25) is 9.59 Å². The summed E-state index contributed by atoms with van der Waals surface area (Å²) in [6, 6.07) is 18.9. The second-order valence-electron chi connectivity index (χ2n) is 10.1. The first kappa shape index (κ1) is 30.6. The van der Waals surface area contributed by atoms with Crippen molar-refractivity contribution in [1.82, 2.24) is 14.9 Å². The number of hydrogen-bond acceptors (Lipinski definition) is 7. The zero-order valence-electron chi connectivity index (χ0n) is 23.4. The van der Waals surface area contributed by atoms with Gasteiger partial charge in [0.1, 0.15) is 5.69 Å². The van der Waals surface area contributed by atoms with E-state index in [1.54, 1.807) is 58.9 Å². The van der Waals surface area contributed by atoms with Crippen LogP contribution in [0.3, 0.4) is 0 Å². The molecule has 8 nitrogen and oxygen atoms in total. The zero-order valence-corrected chi connectivity index (χ0v) is 24.3. The van der Waals surface area contributed by atoms with E-state index < -0.39 is 17.6 Å². The van der Waals surface area contributed by atoms with Gasteiger partial charge in [-0.2, -0.15) is 28.5 Å².